The van der Waals surface area contributed by atoms with Crippen LogP contribution in [0.25, 0.3) is 10.6 Å². The molecule has 3 aromatic rings. The summed E-state index contributed by atoms with van der Waals surface area (Å²) in [6.45, 7) is 5.14. The van der Waals surface area contributed by atoms with Gasteiger partial charge in [0.1, 0.15) is 23.3 Å². The van der Waals surface area contributed by atoms with Gasteiger partial charge in [-0.25, -0.2) is 15.0 Å². The van der Waals surface area contributed by atoms with Crippen LogP contribution < -0.4 is 20.9 Å². The number of ether oxygens (including phenoxy) is 5. The quantitative estimate of drug-likeness (QED) is 0.143. The molecule has 0 fully saturated rings. The van der Waals surface area contributed by atoms with Gasteiger partial charge >= 0.3 is 0 Å². The average Bonchev–Trinajstić information content (AvgIpc) is 3.29. The van der Waals surface area contributed by atoms with Crippen molar-refractivity contribution < 1.29 is 23.7 Å². The van der Waals surface area contributed by atoms with Crippen LogP contribution in [0.4, 0.5) is 11.6 Å². The fourth-order valence-electron chi connectivity index (χ4n) is 3.30. The molecule has 0 aliphatic carbocycles. The highest BCUT2D eigenvalue weighted by Crippen LogP contribution is 2.37. The van der Waals surface area contributed by atoms with Crippen molar-refractivity contribution in [1.29, 1.82) is 0 Å². The number of rotatable bonds is 17. The molecule has 2 heterocycles. The van der Waals surface area contributed by atoms with Crippen molar-refractivity contribution >= 4 is 34.7 Å². The average molecular weight is 550 g/mol. The van der Waals surface area contributed by atoms with Gasteiger partial charge in [0.25, 0.3) is 0 Å². The minimum absolute atomic E-state index is 0.356. The van der Waals surface area contributed by atoms with E-state index in [2.05, 4.69) is 16.9 Å². The van der Waals surface area contributed by atoms with Gasteiger partial charge in [-0.1, -0.05) is 25.1 Å². The summed E-state index contributed by atoms with van der Waals surface area (Å²) in [7, 11) is 3.27. The zero-order valence-corrected chi connectivity index (χ0v) is 23.2. The second-order valence-corrected chi connectivity index (χ2v) is 9.89. The van der Waals surface area contributed by atoms with E-state index in [0.717, 1.165) is 29.1 Å². The van der Waals surface area contributed by atoms with Crippen LogP contribution in [-0.4, -0.2) is 68.8 Å². The third-order valence-electron chi connectivity index (χ3n) is 5.04. The van der Waals surface area contributed by atoms with Gasteiger partial charge in [0.2, 0.25) is 0 Å². The van der Waals surface area contributed by atoms with E-state index in [9.17, 15) is 0 Å². The van der Waals surface area contributed by atoms with Crippen molar-refractivity contribution in [2.45, 2.75) is 30.7 Å². The van der Waals surface area contributed by atoms with Gasteiger partial charge in [-0.2, -0.15) is 0 Å². The molecule has 10 nitrogen and oxygen atoms in total. The number of thioether (sulfide) groups is 1. The molecular formula is C25H35N5O5S2. The molecule has 0 atom stereocenters. The number of anilines is 2. The van der Waals surface area contributed by atoms with Gasteiger partial charge < -0.3 is 35.2 Å². The van der Waals surface area contributed by atoms with E-state index in [1.807, 2.05) is 18.2 Å². The first-order valence-corrected chi connectivity index (χ1v) is 13.8. The number of hydrogen-bond acceptors (Lipinski definition) is 12. The van der Waals surface area contributed by atoms with Gasteiger partial charge in [-0.3, -0.25) is 0 Å². The van der Waals surface area contributed by atoms with E-state index in [-0.39, 0.29) is 0 Å². The van der Waals surface area contributed by atoms with Gasteiger partial charge in [0.15, 0.2) is 16.7 Å². The number of nitrogens with zero attached hydrogens (tertiary/aromatic N) is 3. The van der Waals surface area contributed by atoms with Crippen molar-refractivity contribution in [3.63, 3.8) is 0 Å². The van der Waals surface area contributed by atoms with E-state index in [1.54, 1.807) is 31.6 Å². The van der Waals surface area contributed by atoms with Crippen molar-refractivity contribution in [1.82, 2.24) is 15.0 Å². The normalized spacial score (nSPS) is 11.1. The standard InChI is InChI=1S/C25H35N5O5S2/c1-4-5-21-18(16-36-25-29-22(26)15-23(27)30-25)28-24(37-21)17-6-7-19(32-3)20(14-17)35-13-12-34-11-10-33-9-8-31-2/h6-7,14-15H,4-5,8-13,16H2,1-3H3,(H4,26,27,29,30). The maximum absolute atomic E-state index is 5.97. The lowest BCUT2D eigenvalue weighted by molar-refractivity contribution is 0.0178. The molecule has 2 aromatic heterocycles. The molecule has 37 heavy (non-hydrogen) atoms. The molecule has 202 valence electrons. The molecule has 0 bridgehead atoms. The lowest BCUT2D eigenvalue weighted by atomic mass is 10.2. The summed E-state index contributed by atoms with van der Waals surface area (Å²) >= 11 is 3.16. The predicted octanol–water partition coefficient (Wildman–Crippen LogP) is 4.08. The maximum Gasteiger partial charge on any atom is 0.191 e. The van der Waals surface area contributed by atoms with Gasteiger partial charge in [-0.05, 0) is 24.6 Å². The summed E-state index contributed by atoms with van der Waals surface area (Å²) in [4.78, 5) is 14.7. The molecule has 0 spiro atoms. The molecule has 3 rings (SSSR count). The molecule has 0 unspecified atom stereocenters. The van der Waals surface area contributed by atoms with Gasteiger partial charge in [0, 0.05) is 29.4 Å². The first-order chi connectivity index (χ1) is 18.0. The second kappa shape index (κ2) is 15.6. The topological polar surface area (TPSA) is 137 Å². The van der Waals surface area contributed by atoms with Crippen molar-refractivity contribution in [3.05, 3.63) is 34.8 Å². The fourth-order valence-corrected chi connectivity index (χ4v) is 5.41. The summed E-state index contributed by atoms with van der Waals surface area (Å²) in [5.74, 6) is 2.64. The minimum Gasteiger partial charge on any atom is -0.493 e. The Hall–Kier alpha value is -2.64. The largest absolute Gasteiger partial charge is 0.493 e. The molecule has 0 aliphatic heterocycles. The number of aryl methyl sites for hydroxylation is 1. The highest BCUT2D eigenvalue weighted by Gasteiger charge is 2.16. The lowest BCUT2D eigenvalue weighted by Crippen LogP contribution is -2.12. The molecule has 0 amide bonds. The number of thiazole rings is 1. The van der Waals surface area contributed by atoms with Crippen LogP contribution in [-0.2, 0) is 26.4 Å². The van der Waals surface area contributed by atoms with Crippen LogP contribution in [0, 0.1) is 0 Å². The summed E-state index contributed by atoms with van der Waals surface area (Å²) in [6, 6.07) is 7.39. The Labute approximate surface area is 226 Å². The van der Waals surface area contributed by atoms with Crippen molar-refractivity contribution in [2.24, 2.45) is 0 Å². The molecular weight excluding hydrogens is 514 g/mol. The number of methoxy groups -OCH3 is 2. The van der Waals surface area contributed by atoms with Crippen LogP contribution in [0.3, 0.4) is 0 Å². The Balaban J connectivity index is 1.63. The number of benzene rings is 1. The lowest BCUT2D eigenvalue weighted by Gasteiger charge is -2.12. The zero-order chi connectivity index (χ0) is 26.5. The Morgan fingerprint density at radius 3 is 2.24 bits per heavy atom. The Morgan fingerprint density at radius 1 is 0.865 bits per heavy atom. The van der Waals surface area contributed by atoms with Gasteiger partial charge in [-0.15, -0.1) is 11.3 Å². The Kier molecular flexibility index (Phi) is 12.2. The third kappa shape index (κ3) is 9.31. The van der Waals surface area contributed by atoms with E-state index in [1.165, 1.54) is 16.6 Å². The van der Waals surface area contributed by atoms with E-state index < -0.39 is 0 Å². The Bertz CT molecular complexity index is 1090. The fraction of sp³-hybridized carbons (Fsp3) is 0.480. The summed E-state index contributed by atoms with van der Waals surface area (Å²) < 4.78 is 27.4. The molecule has 0 saturated carbocycles. The number of hydrogen-bond donors (Lipinski definition) is 2. The summed E-state index contributed by atoms with van der Waals surface area (Å²) in [6.07, 6.45) is 1.97. The molecule has 0 saturated heterocycles. The van der Waals surface area contributed by atoms with Crippen LogP contribution in [0.1, 0.15) is 23.9 Å². The van der Waals surface area contributed by atoms with Crippen molar-refractivity contribution in [3.8, 4) is 22.1 Å². The predicted molar refractivity (Wildman–Crippen MR) is 148 cm³/mol. The Morgan fingerprint density at radius 2 is 1.57 bits per heavy atom. The van der Waals surface area contributed by atoms with E-state index in [0.29, 0.717) is 73.7 Å². The molecule has 1 aromatic carbocycles. The zero-order valence-electron chi connectivity index (χ0n) is 21.5. The molecule has 0 aliphatic rings. The first kappa shape index (κ1) is 28.9. The van der Waals surface area contributed by atoms with Crippen LogP contribution >= 0.6 is 23.1 Å². The maximum atomic E-state index is 5.97. The highest BCUT2D eigenvalue weighted by molar-refractivity contribution is 7.98. The molecule has 12 heteroatoms. The smallest absolute Gasteiger partial charge is 0.191 e. The minimum atomic E-state index is 0.356. The second-order valence-electron chi connectivity index (χ2n) is 7.86. The molecule has 4 N–H and O–H groups in total. The van der Waals surface area contributed by atoms with E-state index in [4.69, 9.17) is 40.1 Å². The first-order valence-electron chi connectivity index (χ1n) is 12.0. The monoisotopic (exact) mass is 549 g/mol. The van der Waals surface area contributed by atoms with Crippen LogP contribution in [0.15, 0.2) is 29.4 Å². The summed E-state index contributed by atoms with van der Waals surface area (Å²) in [5.41, 5.74) is 13.6. The number of aromatic nitrogens is 3. The third-order valence-corrected chi connectivity index (χ3v) is 7.10. The number of nitrogen functional groups attached to an aromatic ring is 2. The van der Waals surface area contributed by atoms with Crippen molar-refractivity contribution in [2.75, 3.05) is 65.3 Å². The molecule has 0 radical (unpaired) electrons. The van der Waals surface area contributed by atoms with Crippen LogP contribution in [0.5, 0.6) is 11.5 Å². The van der Waals surface area contributed by atoms with Gasteiger partial charge in [0.05, 0.1) is 45.8 Å². The number of nitrogens with two attached hydrogens (primary N) is 2. The highest BCUT2D eigenvalue weighted by atomic mass is 32.2. The summed E-state index contributed by atoms with van der Waals surface area (Å²) in [5, 5.41) is 1.46. The van der Waals surface area contributed by atoms with Crippen LogP contribution in [0.2, 0.25) is 0 Å². The van der Waals surface area contributed by atoms with E-state index >= 15 is 0 Å². The SMILES string of the molecule is CCCc1sc(-c2ccc(OC)c(OCCOCCOCCOC)c2)nc1CSc1nc(N)cc(N)n1.